The zero-order valence-electron chi connectivity index (χ0n) is 10.9. The number of benzene rings is 1. The molecule has 2 rings (SSSR count). The minimum absolute atomic E-state index is 0.216. The molecule has 0 saturated carbocycles. The van der Waals surface area contributed by atoms with E-state index in [9.17, 15) is 0 Å². The summed E-state index contributed by atoms with van der Waals surface area (Å²) in [5.74, 6) is 0. The molecule has 0 radical (unpaired) electrons. The number of rotatable bonds is 3. The zero-order chi connectivity index (χ0) is 13.0. The molecule has 1 aliphatic rings. The molecule has 1 saturated heterocycles. The number of halogens is 2. The van der Waals surface area contributed by atoms with E-state index >= 15 is 0 Å². The first-order chi connectivity index (χ1) is 8.65. The Kier molecular flexibility index (Phi) is 4.94. The Bertz CT molecular complexity index is 395. The molecule has 1 nitrogen and oxygen atoms in total. The normalized spacial score (nSPS) is 24.8. The maximum Gasteiger partial charge on any atom is 0.0453 e. The number of hydrogen-bond donors (Lipinski definition) is 1. The molecule has 0 spiro atoms. The monoisotopic (exact) mass is 285 g/mol. The van der Waals surface area contributed by atoms with Crippen molar-refractivity contribution in [1.82, 2.24) is 5.32 Å². The average Bonchev–Trinajstić information content (AvgIpc) is 2.59. The Labute approximate surface area is 120 Å². The molecule has 1 unspecified atom stereocenters. The van der Waals surface area contributed by atoms with Crippen molar-refractivity contribution >= 4 is 23.2 Å². The summed E-state index contributed by atoms with van der Waals surface area (Å²) in [4.78, 5) is 0. The summed E-state index contributed by atoms with van der Waals surface area (Å²) in [5, 5.41) is 5.25. The lowest BCUT2D eigenvalue weighted by Gasteiger charge is -2.33. The van der Waals surface area contributed by atoms with Crippen LogP contribution in [0.3, 0.4) is 0 Å². The SMILES string of the molecule is CCC1(Cc2ccc(Cl)cc2Cl)CCCCCN1. The van der Waals surface area contributed by atoms with Crippen molar-refractivity contribution in [2.24, 2.45) is 0 Å². The molecule has 1 aromatic carbocycles. The van der Waals surface area contributed by atoms with Crippen LogP contribution in [0.5, 0.6) is 0 Å². The summed E-state index contributed by atoms with van der Waals surface area (Å²) >= 11 is 12.3. The summed E-state index contributed by atoms with van der Waals surface area (Å²) in [7, 11) is 0. The fraction of sp³-hybridized carbons (Fsp3) is 0.600. The van der Waals surface area contributed by atoms with E-state index in [2.05, 4.69) is 18.3 Å². The summed E-state index contributed by atoms with van der Waals surface area (Å²) < 4.78 is 0. The topological polar surface area (TPSA) is 12.0 Å². The van der Waals surface area contributed by atoms with Gasteiger partial charge in [0.05, 0.1) is 0 Å². The zero-order valence-corrected chi connectivity index (χ0v) is 12.4. The number of nitrogens with one attached hydrogen (secondary N) is 1. The van der Waals surface area contributed by atoms with E-state index in [0.717, 1.165) is 24.4 Å². The van der Waals surface area contributed by atoms with E-state index in [0.29, 0.717) is 5.02 Å². The van der Waals surface area contributed by atoms with Gasteiger partial charge in [0.15, 0.2) is 0 Å². The van der Waals surface area contributed by atoms with Gasteiger partial charge in [0.1, 0.15) is 0 Å². The van der Waals surface area contributed by atoms with Gasteiger partial charge in [-0.1, -0.05) is 49.0 Å². The molecular formula is C15H21Cl2N. The summed E-state index contributed by atoms with van der Waals surface area (Å²) in [6, 6.07) is 5.84. The van der Waals surface area contributed by atoms with Crippen LogP contribution in [-0.2, 0) is 6.42 Å². The van der Waals surface area contributed by atoms with Gasteiger partial charge in [0, 0.05) is 15.6 Å². The molecule has 1 heterocycles. The number of hydrogen-bond acceptors (Lipinski definition) is 1. The Morgan fingerprint density at radius 3 is 2.78 bits per heavy atom. The second-order valence-corrected chi connectivity index (χ2v) is 6.13. The third-order valence-corrected chi connectivity index (χ3v) is 4.64. The molecule has 0 aliphatic carbocycles. The average molecular weight is 286 g/mol. The molecule has 1 aliphatic heterocycles. The van der Waals surface area contributed by atoms with Gasteiger partial charge in [-0.2, -0.15) is 0 Å². The van der Waals surface area contributed by atoms with Gasteiger partial charge in [-0.15, -0.1) is 0 Å². The first kappa shape index (κ1) is 14.2. The Morgan fingerprint density at radius 2 is 2.06 bits per heavy atom. The maximum atomic E-state index is 6.30. The Morgan fingerprint density at radius 1 is 1.22 bits per heavy atom. The van der Waals surface area contributed by atoms with Crippen LogP contribution in [0.1, 0.15) is 44.6 Å². The third kappa shape index (κ3) is 3.40. The minimum Gasteiger partial charge on any atom is -0.311 e. The van der Waals surface area contributed by atoms with Crippen molar-refractivity contribution in [2.75, 3.05) is 6.54 Å². The maximum absolute atomic E-state index is 6.30. The van der Waals surface area contributed by atoms with Crippen LogP contribution in [0.25, 0.3) is 0 Å². The van der Waals surface area contributed by atoms with E-state index < -0.39 is 0 Å². The smallest absolute Gasteiger partial charge is 0.0453 e. The van der Waals surface area contributed by atoms with Gasteiger partial charge < -0.3 is 5.32 Å². The van der Waals surface area contributed by atoms with Gasteiger partial charge >= 0.3 is 0 Å². The summed E-state index contributed by atoms with van der Waals surface area (Å²) in [5.41, 5.74) is 1.42. The highest BCUT2D eigenvalue weighted by Crippen LogP contribution is 2.30. The van der Waals surface area contributed by atoms with E-state index in [-0.39, 0.29) is 5.54 Å². The molecule has 1 atom stereocenters. The minimum atomic E-state index is 0.216. The lowest BCUT2D eigenvalue weighted by molar-refractivity contribution is 0.302. The molecule has 18 heavy (non-hydrogen) atoms. The molecule has 100 valence electrons. The fourth-order valence-electron chi connectivity index (χ4n) is 2.81. The van der Waals surface area contributed by atoms with Crippen LogP contribution in [0.15, 0.2) is 18.2 Å². The van der Waals surface area contributed by atoms with Crippen LogP contribution in [0.2, 0.25) is 10.0 Å². The second-order valence-electron chi connectivity index (χ2n) is 5.28. The van der Waals surface area contributed by atoms with Crippen LogP contribution < -0.4 is 5.32 Å². The molecule has 1 aromatic rings. The molecular weight excluding hydrogens is 265 g/mol. The lowest BCUT2D eigenvalue weighted by Crippen LogP contribution is -2.46. The molecule has 1 N–H and O–H groups in total. The van der Waals surface area contributed by atoms with Crippen molar-refractivity contribution in [3.05, 3.63) is 33.8 Å². The van der Waals surface area contributed by atoms with Gasteiger partial charge in [-0.3, -0.25) is 0 Å². The van der Waals surface area contributed by atoms with E-state index in [1.165, 1.54) is 31.2 Å². The van der Waals surface area contributed by atoms with E-state index in [1.54, 1.807) is 0 Å². The lowest BCUT2D eigenvalue weighted by atomic mass is 9.84. The quantitative estimate of drug-likeness (QED) is 0.837. The van der Waals surface area contributed by atoms with E-state index in [1.807, 2.05) is 12.1 Å². The predicted octanol–water partition coefficient (Wildman–Crippen LogP) is 4.85. The van der Waals surface area contributed by atoms with Crippen molar-refractivity contribution < 1.29 is 0 Å². The molecule has 0 amide bonds. The van der Waals surface area contributed by atoms with Crippen molar-refractivity contribution in [1.29, 1.82) is 0 Å². The first-order valence-corrected chi connectivity index (χ1v) is 7.60. The molecule has 0 bridgehead atoms. The predicted molar refractivity (Wildman–Crippen MR) is 79.7 cm³/mol. The molecule has 3 heteroatoms. The molecule has 0 aromatic heterocycles. The van der Waals surface area contributed by atoms with Crippen molar-refractivity contribution in [3.8, 4) is 0 Å². The van der Waals surface area contributed by atoms with Crippen LogP contribution >= 0.6 is 23.2 Å². The Balaban J connectivity index is 2.18. The van der Waals surface area contributed by atoms with E-state index in [4.69, 9.17) is 23.2 Å². The van der Waals surface area contributed by atoms with Gasteiger partial charge in [-0.05, 0) is 49.9 Å². The highest BCUT2D eigenvalue weighted by atomic mass is 35.5. The van der Waals surface area contributed by atoms with Crippen molar-refractivity contribution in [2.45, 2.75) is 51.0 Å². The summed E-state index contributed by atoms with van der Waals surface area (Å²) in [6.45, 7) is 3.39. The largest absolute Gasteiger partial charge is 0.311 e. The highest BCUT2D eigenvalue weighted by Gasteiger charge is 2.29. The van der Waals surface area contributed by atoms with Crippen LogP contribution in [-0.4, -0.2) is 12.1 Å². The highest BCUT2D eigenvalue weighted by molar-refractivity contribution is 6.35. The molecule has 1 fully saturated rings. The van der Waals surface area contributed by atoms with Crippen molar-refractivity contribution in [3.63, 3.8) is 0 Å². The van der Waals surface area contributed by atoms with Gasteiger partial charge in [-0.25, -0.2) is 0 Å². The first-order valence-electron chi connectivity index (χ1n) is 6.84. The second kappa shape index (κ2) is 6.27. The third-order valence-electron chi connectivity index (χ3n) is 4.05. The fourth-order valence-corrected chi connectivity index (χ4v) is 3.29. The summed E-state index contributed by atoms with van der Waals surface area (Å²) in [6.07, 6.45) is 7.32. The Hall–Kier alpha value is -0.240. The van der Waals surface area contributed by atoms with Gasteiger partial charge in [0.25, 0.3) is 0 Å². The standard InChI is InChI=1S/C15H21Cl2N/c1-2-15(8-4-3-5-9-18-15)11-12-6-7-13(16)10-14(12)17/h6-7,10,18H,2-5,8-9,11H2,1H3. The van der Waals surface area contributed by atoms with Crippen LogP contribution in [0.4, 0.5) is 0 Å². The van der Waals surface area contributed by atoms with Crippen LogP contribution in [0, 0.1) is 0 Å². The van der Waals surface area contributed by atoms with Gasteiger partial charge in [0.2, 0.25) is 0 Å².